The summed E-state index contributed by atoms with van der Waals surface area (Å²) in [7, 11) is 0. The molecule has 0 spiro atoms. The molecule has 0 atom stereocenters. The van der Waals surface area contributed by atoms with Crippen molar-refractivity contribution in [3.63, 3.8) is 0 Å². The van der Waals surface area contributed by atoms with Gasteiger partial charge in [0.15, 0.2) is 0 Å². The molecule has 0 bridgehead atoms. The van der Waals surface area contributed by atoms with Gasteiger partial charge in [-0.05, 0) is 69.3 Å². The second kappa shape index (κ2) is 9.99. The van der Waals surface area contributed by atoms with Crippen molar-refractivity contribution in [3.8, 4) is 34.4 Å². The highest BCUT2D eigenvalue weighted by Gasteiger charge is 2.14. The van der Waals surface area contributed by atoms with Gasteiger partial charge >= 0.3 is 0 Å². The van der Waals surface area contributed by atoms with E-state index in [0.717, 1.165) is 16.7 Å². The number of aromatic nitrogens is 2. The Bertz CT molecular complexity index is 1250. The second-order valence-electron chi connectivity index (χ2n) is 7.34. The first-order valence-electron chi connectivity index (χ1n) is 10.8. The number of aryl methyl sites for hydroxylation is 1. The number of carbonyl (C=O) groups is 1. The average molecular weight is 444 g/mol. The molecule has 0 radical (unpaired) electrons. The van der Waals surface area contributed by atoms with E-state index in [2.05, 4.69) is 15.5 Å². The highest BCUT2D eigenvalue weighted by molar-refractivity contribution is 6.05. The monoisotopic (exact) mass is 443 g/mol. The zero-order chi connectivity index (χ0) is 23.2. The van der Waals surface area contributed by atoms with Crippen LogP contribution in [0.3, 0.4) is 0 Å². The SMILES string of the molecule is CCOc1ccc(OCC)c(NC(=O)c2ccc(-c3nnc(-c4cccc(C)c4)o3)cc2)c1. The molecule has 0 saturated heterocycles. The Morgan fingerprint density at radius 3 is 2.30 bits per heavy atom. The number of amides is 1. The Morgan fingerprint density at radius 1 is 0.879 bits per heavy atom. The molecular formula is C26H25N3O4. The minimum atomic E-state index is -0.262. The number of hydrogen-bond donors (Lipinski definition) is 1. The summed E-state index contributed by atoms with van der Waals surface area (Å²) in [4.78, 5) is 12.8. The third-order valence-electron chi connectivity index (χ3n) is 4.89. The minimum Gasteiger partial charge on any atom is -0.494 e. The fraction of sp³-hybridized carbons (Fsp3) is 0.192. The number of rotatable bonds is 8. The van der Waals surface area contributed by atoms with E-state index in [1.54, 1.807) is 36.4 Å². The fourth-order valence-electron chi connectivity index (χ4n) is 3.34. The van der Waals surface area contributed by atoms with Gasteiger partial charge in [-0.3, -0.25) is 4.79 Å². The average Bonchev–Trinajstić information content (AvgIpc) is 3.32. The van der Waals surface area contributed by atoms with Crippen molar-refractivity contribution in [2.75, 3.05) is 18.5 Å². The molecule has 0 unspecified atom stereocenters. The van der Waals surface area contributed by atoms with Crippen LogP contribution in [0.2, 0.25) is 0 Å². The summed E-state index contributed by atoms with van der Waals surface area (Å²) >= 11 is 0. The van der Waals surface area contributed by atoms with Crippen molar-refractivity contribution in [2.24, 2.45) is 0 Å². The third-order valence-corrected chi connectivity index (χ3v) is 4.89. The Labute approximate surface area is 192 Å². The summed E-state index contributed by atoms with van der Waals surface area (Å²) in [6.07, 6.45) is 0. The number of hydrogen-bond acceptors (Lipinski definition) is 6. The lowest BCUT2D eigenvalue weighted by Gasteiger charge is -2.13. The maximum Gasteiger partial charge on any atom is 0.255 e. The van der Waals surface area contributed by atoms with Crippen LogP contribution in [0.5, 0.6) is 11.5 Å². The summed E-state index contributed by atoms with van der Waals surface area (Å²) in [6.45, 7) is 6.82. The van der Waals surface area contributed by atoms with Gasteiger partial charge in [0.05, 0.1) is 18.9 Å². The molecule has 1 aromatic heterocycles. The number of carbonyl (C=O) groups excluding carboxylic acids is 1. The first-order chi connectivity index (χ1) is 16.1. The normalized spacial score (nSPS) is 10.6. The van der Waals surface area contributed by atoms with Gasteiger partial charge < -0.3 is 19.2 Å². The molecule has 168 valence electrons. The lowest BCUT2D eigenvalue weighted by Crippen LogP contribution is -2.13. The van der Waals surface area contributed by atoms with Gasteiger partial charge in [-0.15, -0.1) is 10.2 Å². The van der Waals surface area contributed by atoms with Gasteiger partial charge in [0.2, 0.25) is 11.8 Å². The molecule has 4 rings (SSSR count). The lowest BCUT2D eigenvalue weighted by atomic mass is 10.1. The molecule has 1 heterocycles. The Morgan fingerprint density at radius 2 is 1.61 bits per heavy atom. The van der Waals surface area contributed by atoms with Crippen molar-refractivity contribution in [1.82, 2.24) is 10.2 Å². The zero-order valence-electron chi connectivity index (χ0n) is 18.8. The largest absolute Gasteiger partial charge is 0.494 e. The molecule has 7 heteroatoms. The second-order valence-corrected chi connectivity index (χ2v) is 7.34. The topological polar surface area (TPSA) is 86.5 Å². The van der Waals surface area contributed by atoms with Crippen LogP contribution >= 0.6 is 0 Å². The Balaban J connectivity index is 1.51. The Hall–Kier alpha value is -4.13. The number of nitrogens with zero attached hydrogens (tertiary/aromatic N) is 2. The van der Waals surface area contributed by atoms with Gasteiger partial charge in [-0.1, -0.05) is 17.7 Å². The van der Waals surface area contributed by atoms with Crippen LogP contribution in [0.25, 0.3) is 22.9 Å². The molecule has 0 aliphatic carbocycles. The van der Waals surface area contributed by atoms with Crippen LogP contribution in [-0.2, 0) is 0 Å². The van der Waals surface area contributed by atoms with Gasteiger partial charge in [0.1, 0.15) is 11.5 Å². The van der Waals surface area contributed by atoms with Crippen LogP contribution in [-0.4, -0.2) is 29.3 Å². The molecule has 7 nitrogen and oxygen atoms in total. The smallest absolute Gasteiger partial charge is 0.255 e. The van der Waals surface area contributed by atoms with Crippen molar-refractivity contribution < 1.29 is 18.7 Å². The number of anilines is 1. The maximum atomic E-state index is 12.8. The maximum absolute atomic E-state index is 12.8. The molecule has 33 heavy (non-hydrogen) atoms. The number of ether oxygens (including phenoxy) is 2. The number of nitrogens with one attached hydrogen (secondary N) is 1. The quantitative estimate of drug-likeness (QED) is 0.372. The predicted molar refractivity (Wildman–Crippen MR) is 127 cm³/mol. The van der Waals surface area contributed by atoms with Crippen LogP contribution in [0.15, 0.2) is 71.1 Å². The van der Waals surface area contributed by atoms with Crippen LogP contribution in [0.4, 0.5) is 5.69 Å². The summed E-state index contributed by atoms with van der Waals surface area (Å²) in [5.41, 5.74) is 3.75. The summed E-state index contributed by atoms with van der Waals surface area (Å²) in [5.74, 6) is 1.82. The molecule has 0 aliphatic rings. The molecule has 3 aromatic carbocycles. The highest BCUT2D eigenvalue weighted by atomic mass is 16.5. The van der Waals surface area contributed by atoms with Crippen LogP contribution < -0.4 is 14.8 Å². The van der Waals surface area contributed by atoms with E-state index < -0.39 is 0 Å². The third kappa shape index (κ3) is 5.20. The molecule has 1 amide bonds. The van der Waals surface area contributed by atoms with E-state index in [1.807, 2.05) is 51.1 Å². The Kier molecular flexibility index (Phi) is 6.69. The lowest BCUT2D eigenvalue weighted by molar-refractivity contribution is 0.102. The van der Waals surface area contributed by atoms with Crippen molar-refractivity contribution in [3.05, 3.63) is 77.9 Å². The van der Waals surface area contributed by atoms with Crippen molar-refractivity contribution >= 4 is 11.6 Å². The summed E-state index contributed by atoms with van der Waals surface area (Å²) in [5, 5.41) is 11.2. The fourth-order valence-corrected chi connectivity index (χ4v) is 3.34. The number of benzene rings is 3. The van der Waals surface area contributed by atoms with E-state index in [0.29, 0.717) is 47.7 Å². The van der Waals surface area contributed by atoms with E-state index in [4.69, 9.17) is 13.9 Å². The molecule has 4 aromatic rings. The molecular weight excluding hydrogens is 418 g/mol. The van der Waals surface area contributed by atoms with Crippen molar-refractivity contribution in [1.29, 1.82) is 0 Å². The molecule has 0 fully saturated rings. The first-order valence-corrected chi connectivity index (χ1v) is 10.8. The van der Waals surface area contributed by atoms with E-state index in [9.17, 15) is 4.79 Å². The highest BCUT2D eigenvalue weighted by Crippen LogP contribution is 2.30. The summed E-state index contributed by atoms with van der Waals surface area (Å²) < 4.78 is 17.0. The van der Waals surface area contributed by atoms with E-state index >= 15 is 0 Å². The van der Waals surface area contributed by atoms with Gasteiger partial charge in [0, 0.05) is 22.8 Å². The van der Waals surface area contributed by atoms with E-state index in [1.165, 1.54) is 0 Å². The van der Waals surface area contributed by atoms with Gasteiger partial charge in [0.25, 0.3) is 5.91 Å². The van der Waals surface area contributed by atoms with Gasteiger partial charge in [-0.2, -0.15) is 0 Å². The van der Waals surface area contributed by atoms with E-state index in [-0.39, 0.29) is 5.91 Å². The minimum absolute atomic E-state index is 0.262. The standard InChI is InChI=1S/C26H25N3O4/c1-4-31-21-13-14-23(32-5-2)22(16-21)27-24(30)18-9-11-19(12-10-18)25-28-29-26(33-25)20-8-6-7-17(3)15-20/h6-16H,4-5H2,1-3H3,(H,27,30). The zero-order valence-corrected chi connectivity index (χ0v) is 18.8. The first kappa shape index (κ1) is 22.1. The molecule has 1 N–H and O–H groups in total. The summed E-state index contributed by atoms with van der Waals surface area (Å²) in [6, 6.07) is 20.2. The predicted octanol–water partition coefficient (Wildman–Crippen LogP) is 5.76. The van der Waals surface area contributed by atoms with Crippen LogP contribution in [0, 0.1) is 6.92 Å². The molecule has 0 saturated carbocycles. The van der Waals surface area contributed by atoms with Gasteiger partial charge in [-0.25, -0.2) is 0 Å². The molecule has 0 aliphatic heterocycles. The van der Waals surface area contributed by atoms with Crippen molar-refractivity contribution in [2.45, 2.75) is 20.8 Å². The van der Waals surface area contributed by atoms with Crippen LogP contribution in [0.1, 0.15) is 29.8 Å².